The quantitative estimate of drug-likeness (QED) is 0.527. The first-order valence-corrected chi connectivity index (χ1v) is 8.74. The molecule has 0 aliphatic rings. The van der Waals surface area contributed by atoms with Crippen LogP contribution in [0.3, 0.4) is 0 Å². The minimum absolute atomic E-state index is 0.250. The number of hydrogen-bond acceptors (Lipinski definition) is 2. The van der Waals surface area contributed by atoms with Crippen LogP contribution in [0.25, 0.3) is 10.1 Å². The molecular weight excluding hydrogens is 366 g/mol. The molecule has 0 saturated carbocycles. The molecule has 1 nitrogen and oxygen atoms in total. The maximum atomic E-state index is 5.99. The zero-order valence-corrected chi connectivity index (χ0v) is 14.9. The average molecular weight is 381 g/mol. The largest absolute Gasteiger partial charge is 0.377 e. The van der Waals surface area contributed by atoms with Gasteiger partial charge in [0.1, 0.15) is 0 Å². The molecule has 3 aromatic rings. The molecule has 0 bridgehead atoms. The molecule has 108 valence electrons. The summed E-state index contributed by atoms with van der Waals surface area (Å²) in [5, 5.41) is 5.64. The molecule has 0 fully saturated rings. The Kier molecular flexibility index (Phi) is 4.25. The highest BCUT2D eigenvalue weighted by Gasteiger charge is 2.15. The first kappa shape index (κ1) is 14.9. The maximum Gasteiger partial charge on any atom is 0.0581 e. The third-order valence-corrected chi connectivity index (χ3v) is 5.92. The van der Waals surface area contributed by atoms with Gasteiger partial charge in [0.15, 0.2) is 0 Å². The normalized spacial score (nSPS) is 12.6. The Hall–Kier alpha value is -1.03. The van der Waals surface area contributed by atoms with Crippen LogP contribution in [0, 0.1) is 6.92 Å². The van der Waals surface area contributed by atoms with E-state index in [1.54, 1.807) is 0 Å². The lowest BCUT2D eigenvalue weighted by Gasteiger charge is -2.16. The highest BCUT2D eigenvalue weighted by atomic mass is 79.9. The molecule has 1 atom stereocenters. The van der Waals surface area contributed by atoms with Crippen LogP contribution in [0.2, 0.25) is 5.02 Å². The third-order valence-electron chi connectivity index (χ3n) is 3.58. The van der Waals surface area contributed by atoms with Crippen molar-refractivity contribution in [1.29, 1.82) is 0 Å². The van der Waals surface area contributed by atoms with Crippen LogP contribution in [0.15, 0.2) is 46.9 Å². The highest BCUT2D eigenvalue weighted by Crippen LogP contribution is 2.37. The number of halogens is 2. The first-order chi connectivity index (χ1) is 10.1. The molecule has 0 aliphatic heterocycles. The zero-order valence-electron chi connectivity index (χ0n) is 11.8. The SMILES string of the molecule is Cc1c(C(C)Nc2ccc(Cl)cc2Br)sc2ccccc12. The van der Waals surface area contributed by atoms with Crippen LogP contribution in [-0.2, 0) is 0 Å². The van der Waals surface area contributed by atoms with Crippen molar-refractivity contribution in [2.45, 2.75) is 19.9 Å². The molecule has 1 aromatic heterocycles. The Labute approximate surface area is 142 Å². The Morgan fingerprint density at radius 1 is 1.19 bits per heavy atom. The van der Waals surface area contributed by atoms with Crippen molar-refractivity contribution in [2.75, 3.05) is 5.32 Å². The summed E-state index contributed by atoms with van der Waals surface area (Å²) in [5.41, 5.74) is 2.42. The van der Waals surface area contributed by atoms with E-state index in [1.807, 2.05) is 29.5 Å². The minimum Gasteiger partial charge on any atom is -0.377 e. The van der Waals surface area contributed by atoms with Crippen LogP contribution < -0.4 is 5.32 Å². The van der Waals surface area contributed by atoms with E-state index in [-0.39, 0.29) is 6.04 Å². The minimum atomic E-state index is 0.250. The number of hydrogen-bond donors (Lipinski definition) is 1. The van der Waals surface area contributed by atoms with E-state index in [4.69, 9.17) is 11.6 Å². The summed E-state index contributed by atoms with van der Waals surface area (Å²) < 4.78 is 2.33. The summed E-state index contributed by atoms with van der Waals surface area (Å²) in [5.74, 6) is 0. The number of nitrogens with one attached hydrogen (secondary N) is 1. The molecule has 3 rings (SSSR count). The fourth-order valence-corrected chi connectivity index (χ4v) is 4.52. The van der Waals surface area contributed by atoms with Crippen LogP contribution in [0.5, 0.6) is 0 Å². The lowest BCUT2D eigenvalue weighted by atomic mass is 10.1. The van der Waals surface area contributed by atoms with Crippen LogP contribution in [0.4, 0.5) is 5.69 Å². The fourth-order valence-electron chi connectivity index (χ4n) is 2.51. The molecule has 0 spiro atoms. The molecule has 1 heterocycles. The standard InChI is InChI=1S/C17H15BrClNS/c1-10-13-5-3-4-6-16(13)21-17(10)11(2)20-15-8-7-12(19)9-14(15)18/h3-9,11,20H,1-2H3. The topological polar surface area (TPSA) is 12.0 Å². The molecule has 4 heteroatoms. The Morgan fingerprint density at radius 3 is 2.67 bits per heavy atom. The number of thiophene rings is 1. The van der Waals surface area contributed by atoms with Gasteiger partial charge in [-0.2, -0.15) is 0 Å². The van der Waals surface area contributed by atoms with Crippen molar-refractivity contribution in [2.24, 2.45) is 0 Å². The molecule has 21 heavy (non-hydrogen) atoms. The molecule has 2 aromatic carbocycles. The molecule has 1 N–H and O–H groups in total. The summed E-state index contributed by atoms with van der Waals surface area (Å²) in [6.07, 6.45) is 0. The van der Waals surface area contributed by atoms with Gasteiger partial charge in [0.25, 0.3) is 0 Å². The van der Waals surface area contributed by atoms with Crippen molar-refractivity contribution in [3.63, 3.8) is 0 Å². The van der Waals surface area contributed by atoms with E-state index in [2.05, 4.69) is 59.4 Å². The number of anilines is 1. The van der Waals surface area contributed by atoms with Gasteiger partial charge in [-0.15, -0.1) is 11.3 Å². The summed E-state index contributed by atoms with van der Waals surface area (Å²) in [4.78, 5) is 1.37. The summed E-state index contributed by atoms with van der Waals surface area (Å²) in [6.45, 7) is 4.39. The molecule has 0 amide bonds. The number of rotatable bonds is 3. The van der Waals surface area contributed by atoms with Crippen molar-refractivity contribution in [3.8, 4) is 0 Å². The summed E-state index contributed by atoms with van der Waals surface area (Å²) in [7, 11) is 0. The Balaban J connectivity index is 1.93. The second-order valence-corrected chi connectivity index (χ2v) is 7.45. The van der Waals surface area contributed by atoms with E-state index < -0.39 is 0 Å². The van der Waals surface area contributed by atoms with Crippen LogP contribution in [0.1, 0.15) is 23.4 Å². The van der Waals surface area contributed by atoms with E-state index in [1.165, 1.54) is 20.5 Å². The van der Waals surface area contributed by atoms with Gasteiger partial charge in [-0.3, -0.25) is 0 Å². The van der Waals surface area contributed by atoms with Crippen molar-refractivity contribution < 1.29 is 0 Å². The van der Waals surface area contributed by atoms with Gasteiger partial charge < -0.3 is 5.32 Å². The zero-order chi connectivity index (χ0) is 15.0. The number of aryl methyl sites for hydroxylation is 1. The smallest absolute Gasteiger partial charge is 0.0581 e. The van der Waals surface area contributed by atoms with Crippen LogP contribution in [-0.4, -0.2) is 0 Å². The molecular formula is C17H15BrClNS. The summed E-state index contributed by atoms with van der Waals surface area (Å²) >= 11 is 11.4. The predicted molar refractivity (Wildman–Crippen MR) is 97.8 cm³/mol. The molecule has 0 radical (unpaired) electrons. The van der Waals surface area contributed by atoms with E-state index >= 15 is 0 Å². The molecule has 0 saturated heterocycles. The van der Waals surface area contributed by atoms with Gasteiger partial charge in [-0.25, -0.2) is 0 Å². The molecule has 1 unspecified atom stereocenters. The highest BCUT2D eigenvalue weighted by molar-refractivity contribution is 9.10. The first-order valence-electron chi connectivity index (χ1n) is 6.76. The van der Waals surface area contributed by atoms with Gasteiger partial charge in [-0.1, -0.05) is 29.8 Å². The molecule has 0 aliphatic carbocycles. The van der Waals surface area contributed by atoms with Crippen molar-refractivity contribution >= 4 is 54.6 Å². The van der Waals surface area contributed by atoms with Crippen LogP contribution >= 0.6 is 38.9 Å². The number of benzene rings is 2. The average Bonchev–Trinajstić information content (AvgIpc) is 2.80. The van der Waals surface area contributed by atoms with Crippen molar-refractivity contribution in [3.05, 3.63) is 62.4 Å². The van der Waals surface area contributed by atoms with Gasteiger partial charge in [0.2, 0.25) is 0 Å². The summed E-state index contributed by atoms with van der Waals surface area (Å²) in [6, 6.07) is 14.6. The Bertz CT molecular complexity index is 797. The second-order valence-electron chi connectivity index (χ2n) is 5.08. The number of fused-ring (bicyclic) bond motifs is 1. The van der Waals surface area contributed by atoms with E-state index in [9.17, 15) is 0 Å². The maximum absolute atomic E-state index is 5.99. The van der Waals surface area contributed by atoms with Gasteiger partial charge in [0, 0.05) is 24.8 Å². The van der Waals surface area contributed by atoms with Gasteiger partial charge in [0.05, 0.1) is 6.04 Å². The third kappa shape index (κ3) is 2.96. The monoisotopic (exact) mass is 379 g/mol. The second kappa shape index (κ2) is 5.99. The predicted octanol–water partition coefficient (Wildman–Crippen LogP) is 6.80. The Morgan fingerprint density at radius 2 is 1.95 bits per heavy atom. The fraction of sp³-hybridized carbons (Fsp3) is 0.176. The van der Waals surface area contributed by atoms with Crippen molar-refractivity contribution in [1.82, 2.24) is 0 Å². The van der Waals surface area contributed by atoms with E-state index in [0.29, 0.717) is 0 Å². The van der Waals surface area contributed by atoms with Gasteiger partial charge in [-0.05, 0) is 65.0 Å². The lowest BCUT2D eigenvalue weighted by Crippen LogP contribution is -2.06. The van der Waals surface area contributed by atoms with Gasteiger partial charge >= 0.3 is 0 Å². The lowest BCUT2D eigenvalue weighted by molar-refractivity contribution is 0.899. The van der Waals surface area contributed by atoms with E-state index in [0.717, 1.165) is 15.2 Å².